The van der Waals surface area contributed by atoms with E-state index in [1.54, 1.807) is 6.07 Å². The van der Waals surface area contributed by atoms with E-state index in [-0.39, 0.29) is 11.3 Å². The highest BCUT2D eigenvalue weighted by atomic mass is 19.1. The molecule has 3 nitrogen and oxygen atoms in total. The fourth-order valence-corrected chi connectivity index (χ4v) is 1.34. The minimum absolute atomic E-state index is 0.0829. The third-order valence-corrected chi connectivity index (χ3v) is 2.16. The maximum Gasteiger partial charge on any atom is 0.162 e. The summed E-state index contributed by atoms with van der Waals surface area (Å²) in [4.78, 5) is 11.0. The van der Waals surface area contributed by atoms with Crippen molar-refractivity contribution in [2.75, 3.05) is 19.8 Å². The van der Waals surface area contributed by atoms with Gasteiger partial charge in [-0.05, 0) is 25.5 Å². The molecule has 0 unspecified atom stereocenters. The third-order valence-electron chi connectivity index (χ3n) is 2.16. The average Bonchev–Trinajstić information content (AvgIpc) is 2.28. The molecule has 0 amide bonds. The van der Waals surface area contributed by atoms with E-state index in [2.05, 4.69) is 0 Å². The van der Waals surface area contributed by atoms with Crippen LogP contribution in [0.3, 0.4) is 0 Å². The smallest absolute Gasteiger partial charge is 0.162 e. The summed E-state index contributed by atoms with van der Waals surface area (Å²) in [5.41, 5.74) is 0.0829. The molecule has 0 N–H and O–H groups in total. The molecule has 0 aliphatic rings. The first-order chi connectivity index (χ1) is 8.15. The van der Waals surface area contributed by atoms with Gasteiger partial charge in [0.2, 0.25) is 0 Å². The summed E-state index contributed by atoms with van der Waals surface area (Å²) in [5, 5.41) is 0. The van der Waals surface area contributed by atoms with E-state index in [1.165, 1.54) is 19.1 Å². The van der Waals surface area contributed by atoms with Gasteiger partial charge in [-0.1, -0.05) is 6.92 Å². The lowest BCUT2D eigenvalue weighted by Crippen LogP contribution is -2.07. The van der Waals surface area contributed by atoms with E-state index in [0.717, 1.165) is 6.42 Å². The van der Waals surface area contributed by atoms with E-state index in [0.29, 0.717) is 25.6 Å². The molecule has 1 rings (SSSR count). The van der Waals surface area contributed by atoms with Crippen molar-refractivity contribution in [3.8, 4) is 5.75 Å². The lowest BCUT2D eigenvalue weighted by Gasteiger charge is -2.07. The molecule has 1 aromatic rings. The molecule has 0 aliphatic carbocycles. The zero-order chi connectivity index (χ0) is 12.7. The number of Topliss-reactive ketones (excluding diaryl/α,β-unsaturated/α-hetero) is 1. The number of ketones is 1. The van der Waals surface area contributed by atoms with E-state index in [9.17, 15) is 9.18 Å². The Morgan fingerprint density at radius 1 is 1.29 bits per heavy atom. The summed E-state index contributed by atoms with van der Waals surface area (Å²) in [6.45, 7) is 4.90. The van der Waals surface area contributed by atoms with Gasteiger partial charge in [0, 0.05) is 12.7 Å². The topological polar surface area (TPSA) is 35.5 Å². The van der Waals surface area contributed by atoms with Crippen LogP contribution in [-0.2, 0) is 4.74 Å². The minimum atomic E-state index is -0.551. The van der Waals surface area contributed by atoms with Gasteiger partial charge in [-0.2, -0.15) is 0 Å². The molecular formula is C13H17FO3. The van der Waals surface area contributed by atoms with E-state index >= 15 is 0 Å². The van der Waals surface area contributed by atoms with Crippen molar-refractivity contribution in [2.45, 2.75) is 20.3 Å². The average molecular weight is 240 g/mol. The summed E-state index contributed by atoms with van der Waals surface area (Å²) in [7, 11) is 0. The molecule has 0 saturated heterocycles. The van der Waals surface area contributed by atoms with Crippen LogP contribution in [-0.4, -0.2) is 25.6 Å². The number of benzene rings is 1. The molecule has 0 aliphatic heterocycles. The second-order valence-electron chi connectivity index (χ2n) is 3.66. The van der Waals surface area contributed by atoms with Crippen molar-refractivity contribution < 1.29 is 18.7 Å². The highest BCUT2D eigenvalue weighted by Crippen LogP contribution is 2.16. The van der Waals surface area contributed by atoms with Gasteiger partial charge in [0.05, 0.1) is 12.2 Å². The van der Waals surface area contributed by atoms with Gasteiger partial charge >= 0.3 is 0 Å². The van der Waals surface area contributed by atoms with Crippen LogP contribution in [0, 0.1) is 5.82 Å². The Bertz CT molecular complexity index is 377. The highest BCUT2D eigenvalue weighted by molar-refractivity contribution is 5.94. The summed E-state index contributed by atoms with van der Waals surface area (Å²) < 4.78 is 23.9. The Morgan fingerprint density at radius 3 is 2.65 bits per heavy atom. The molecule has 94 valence electrons. The van der Waals surface area contributed by atoms with Crippen LogP contribution in [0.25, 0.3) is 0 Å². The lowest BCUT2D eigenvalue weighted by molar-refractivity contribution is 0.0997. The molecule has 0 spiro atoms. The molecule has 0 atom stereocenters. The quantitative estimate of drug-likeness (QED) is 0.543. The molecule has 4 heteroatoms. The maximum atomic E-state index is 13.4. The van der Waals surface area contributed by atoms with Crippen molar-refractivity contribution in [1.82, 2.24) is 0 Å². The van der Waals surface area contributed by atoms with Crippen LogP contribution in [0.1, 0.15) is 30.6 Å². The first-order valence-corrected chi connectivity index (χ1v) is 5.66. The van der Waals surface area contributed by atoms with Crippen molar-refractivity contribution in [2.24, 2.45) is 0 Å². The number of hydrogen-bond donors (Lipinski definition) is 0. The van der Waals surface area contributed by atoms with Gasteiger partial charge in [-0.25, -0.2) is 4.39 Å². The van der Waals surface area contributed by atoms with Crippen molar-refractivity contribution in [1.29, 1.82) is 0 Å². The van der Waals surface area contributed by atoms with Crippen LogP contribution in [0.15, 0.2) is 18.2 Å². The predicted octanol–water partition coefficient (Wildman–Crippen LogP) is 2.83. The molecule has 0 heterocycles. The summed E-state index contributed by atoms with van der Waals surface area (Å²) >= 11 is 0. The zero-order valence-corrected chi connectivity index (χ0v) is 10.2. The Balaban J connectivity index is 2.45. The van der Waals surface area contributed by atoms with E-state index in [4.69, 9.17) is 9.47 Å². The number of hydrogen-bond acceptors (Lipinski definition) is 3. The monoisotopic (exact) mass is 240 g/mol. The van der Waals surface area contributed by atoms with Crippen LogP contribution in [0.2, 0.25) is 0 Å². The van der Waals surface area contributed by atoms with Crippen LogP contribution >= 0.6 is 0 Å². The van der Waals surface area contributed by atoms with Gasteiger partial charge < -0.3 is 9.47 Å². The minimum Gasteiger partial charge on any atom is -0.491 e. The van der Waals surface area contributed by atoms with Gasteiger partial charge in [-0.15, -0.1) is 0 Å². The zero-order valence-electron chi connectivity index (χ0n) is 10.2. The summed E-state index contributed by atoms with van der Waals surface area (Å²) in [6, 6.07) is 4.23. The molecule has 0 saturated carbocycles. The Hall–Kier alpha value is -1.42. The number of halogens is 1. The molecule has 0 fully saturated rings. The molecule has 17 heavy (non-hydrogen) atoms. The number of rotatable bonds is 7. The molecule has 0 bridgehead atoms. The highest BCUT2D eigenvalue weighted by Gasteiger charge is 2.07. The number of ether oxygens (including phenoxy) is 2. The standard InChI is InChI=1S/C13H17FO3/c1-3-6-16-7-8-17-11-4-5-12(10(2)15)13(14)9-11/h4-5,9H,3,6-8H2,1-2H3. The molecular weight excluding hydrogens is 223 g/mol. The number of carbonyl (C=O) groups excluding carboxylic acids is 1. The van der Waals surface area contributed by atoms with Gasteiger partial charge in [0.25, 0.3) is 0 Å². The molecule has 0 aromatic heterocycles. The summed E-state index contributed by atoms with van der Waals surface area (Å²) in [5.74, 6) is -0.433. The molecule has 0 radical (unpaired) electrons. The lowest BCUT2D eigenvalue weighted by atomic mass is 10.1. The fourth-order valence-electron chi connectivity index (χ4n) is 1.34. The Morgan fingerprint density at radius 2 is 2.06 bits per heavy atom. The predicted molar refractivity (Wildman–Crippen MR) is 63.0 cm³/mol. The van der Waals surface area contributed by atoms with Crippen LogP contribution in [0.5, 0.6) is 5.75 Å². The van der Waals surface area contributed by atoms with Crippen LogP contribution < -0.4 is 4.74 Å². The largest absolute Gasteiger partial charge is 0.491 e. The first-order valence-electron chi connectivity index (χ1n) is 5.66. The Labute approximate surface area is 101 Å². The van der Waals surface area contributed by atoms with E-state index < -0.39 is 5.82 Å². The maximum absolute atomic E-state index is 13.4. The van der Waals surface area contributed by atoms with Crippen molar-refractivity contribution in [3.05, 3.63) is 29.6 Å². The molecule has 1 aromatic carbocycles. The summed E-state index contributed by atoms with van der Waals surface area (Å²) in [6.07, 6.45) is 0.960. The Kier molecular flexibility index (Phi) is 5.63. The first kappa shape index (κ1) is 13.6. The van der Waals surface area contributed by atoms with Crippen LogP contribution in [0.4, 0.5) is 4.39 Å². The third kappa shape index (κ3) is 4.53. The van der Waals surface area contributed by atoms with Crippen molar-refractivity contribution in [3.63, 3.8) is 0 Å². The number of carbonyl (C=O) groups is 1. The van der Waals surface area contributed by atoms with E-state index in [1.807, 2.05) is 6.92 Å². The SMILES string of the molecule is CCCOCCOc1ccc(C(C)=O)c(F)c1. The van der Waals surface area contributed by atoms with Crippen molar-refractivity contribution >= 4 is 5.78 Å². The second kappa shape index (κ2) is 7.01. The van der Waals surface area contributed by atoms with Gasteiger partial charge in [-0.3, -0.25) is 4.79 Å². The normalized spacial score (nSPS) is 10.3. The second-order valence-corrected chi connectivity index (χ2v) is 3.66. The van der Waals surface area contributed by atoms with Gasteiger partial charge in [0.1, 0.15) is 18.2 Å². The van der Waals surface area contributed by atoms with Gasteiger partial charge in [0.15, 0.2) is 5.78 Å². The fraction of sp³-hybridized carbons (Fsp3) is 0.462.